The number of hydrogen-bond donors (Lipinski definition) is 1. The third-order valence-electron chi connectivity index (χ3n) is 6.63. The van der Waals surface area contributed by atoms with E-state index in [9.17, 15) is 0 Å². The minimum atomic E-state index is 0.354. The Morgan fingerprint density at radius 2 is 1.56 bits per heavy atom. The highest BCUT2D eigenvalue weighted by atomic mass is 35.5. The van der Waals surface area contributed by atoms with Crippen LogP contribution < -0.4 is 19.5 Å². The van der Waals surface area contributed by atoms with Gasteiger partial charge in [0.1, 0.15) is 46.7 Å². The first kappa shape index (κ1) is 33.1. The summed E-state index contributed by atoms with van der Waals surface area (Å²) in [7, 11) is 3.27. The molecule has 0 atom stereocenters. The van der Waals surface area contributed by atoms with E-state index in [0.29, 0.717) is 35.3 Å². The Bertz CT molecular complexity index is 1630. The molecule has 0 saturated carbocycles. The van der Waals surface area contributed by atoms with Crippen LogP contribution in [0.25, 0.3) is 22.2 Å². The van der Waals surface area contributed by atoms with Crippen molar-refractivity contribution in [2.45, 2.75) is 54.7 Å². The van der Waals surface area contributed by atoms with Crippen LogP contribution in [0.2, 0.25) is 5.15 Å². The second-order valence-electron chi connectivity index (χ2n) is 9.10. The van der Waals surface area contributed by atoms with Crippen molar-refractivity contribution in [3.63, 3.8) is 0 Å². The summed E-state index contributed by atoms with van der Waals surface area (Å²) in [5, 5.41) is 4.54. The highest BCUT2D eigenvalue weighted by molar-refractivity contribution is 6.30. The van der Waals surface area contributed by atoms with Gasteiger partial charge < -0.3 is 19.5 Å². The predicted molar refractivity (Wildman–Crippen MR) is 178 cm³/mol. The van der Waals surface area contributed by atoms with Crippen LogP contribution in [0.15, 0.2) is 73.1 Å². The van der Waals surface area contributed by atoms with Crippen LogP contribution in [0.1, 0.15) is 49.9 Å². The molecule has 0 radical (unpaired) electrons. The fourth-order valence-electron chi connectivity index (χ4n) is 4.61. The van der Waals surface area contributed by atoms with E-state index < -0.39 is 0 Å². The van der Waals surface area contributed by atoms with Crippen molar-refractivity contribution in [2.24, 2.45) is 0 Å². The number of aromatic nitrogens is 3. The highest BCUT2D eigenvalue weighted by Crippen LogP contribution is 2.38. The van der Waals surface area contributed by atoms with Crippen molar-refractivity contribution < 1.29 is 14.2 Å². The Hall–Kier alpha value is -4.36. The molecule has 0 bridgehead atoms. The number of nitrogens with one attached hydrogen (secondary N) is 1. The fourth-order valence-corrected chi connectivity index (χ4v) is 4.80. The van der Waals surface area contributed by atoms with Crippen molar-refractivity contribution in [1.29, 1.82) is 0 Å². The summed E-state index contributed by atoms with van der Waals surface area (Å²) >= 11 is 6.57. The van der Waals surface area contributed by atoms with Gasteiger partial charge in [-0.1, -0.05) is 75.7 Å². The highest BCUT2D eigenvalue weighted by Gasteiger charge is 2.19. The number of benzene rings is 3. The SMILES string of the molecule is CC.CC.COc1ccc(CNc2ncnc3c(-c4c(C)ccc(OCc5ccccc5)c4C)nc(Cl)cc23)c(OC)c1. The van der Waals surface area contributed by atoms with E-state index in [0.717, 1.165) is 50.5 Å². The van der Waals surface area contributed by atoms with Gasteiger partial charge >= 0.3 is 0 Å². The molecule has 0 aliphatic carbocycles. The number of methoxy groups -OCH3 is 2. The van der Waals surface area contributed by atoms with Crippen molar-refractivity contribution in [3.05, 3.63) is 100 Å². The zero-order chi connectivity index (χ0) is 31.4. The molecular formula is C35H41ClN4O3. The first-order valence-corrected chi connectivity index (χ1v) is 14.9. The van der Waals surface area contributed by atoms with Crippen LogP contribution in [0.3, 0.4) is 0 Å². The summed E-state index contributed by atoms with van der Waals surface area (Å²) in [6.45, 7) is 13.0. The standard InChI is InChI=1S/C31H29ClN4O3.2C2H6/c1-19-10-13-25(39-17-21-8-6-5-7-9-21)20(2)28(19)30-29-24(15-27(32)36-30)31(35-18-34-29)33-16-22-11-12-23(37-3)14-26(22)38-4;2*1-2/h5-15,18H,16-17H2,1-4H3,(H,33,34,35);2*1-2H3. The van der Waals surface area contributed by atoms with Crippen molar-refractivity contribution in [3.8, 4) is 28.5 Å². The number of rotatable bonds is 9. The normalized spacial score (nSPS) is 10.2. The molecule has 5 rings (SSSR count). The second kappa shape index (κ2) is 16.3. The Morgan fingerprint density at radius 3 is 2.26 bits per heavy atom. The van der Waals surface area contributed by atoms with Crippen molar-refractivity contribution in [1.82, 2.24) is 15.0 Å². The first-order chi connectivity index (χ1) is 21.0. The van der Waals surface area contributed by atoms with Crippen LogP contribution in [0.4, 0.5) is 5.82 Å². The molecular weight excluding hydrogens is 560 g/mol. The van der Waals surface area contributed by atoms with E-state index in [2.05, 4.69) is 15.3 Å². The Kier molecular flexibility index (Phi) is 12.6. The van der Waals surface area contributed by atoms with E-state index in [4.69, 9.17) is 30.8 Å². The molecule has 2 aromatic heterocycles. The number of pyridine rings is 1. The zero-order valence-electron chi connectivity index (χ0n) is 26.3. The van der Waals surface area contributed by atoms with Gasteiger partial charge in [-0.05, 0) is 49.2 Å². The Morgan fingerprint density at radius 1 is 0.814 bits per heavy atom. The van der Waals surface area contributed by atoms with Crippen LogP contribution in [0, 0.1) is 13.8 Å². The summed E-state index contributed by atoms with van der Waals surface area (Å²) in [4.78, 5) is 13.9. The topological polar surface area (TPSA) is 78.4 Å². The smallest absolute Gasteiger partial charge is 0.137 e. The maximum atomic E-state index is 6.57. The van der Waals surface area contributed by atoms with Gasteiger partial charge in [0.15, 0.2) is 0 Å². The van der Waals surface area contributed by atoms with Gasteiger partial charge in [-0.15, -0.1) is 0 Å². The van der Waals surface area contributed by atoms with E-state index in [1.165, 1.54) is 6.33 Å². The molecule has 3 aromatic carbocycles. The third kappa shape index (κ3) is 7.93. The molecule has 5 aromatic rings. The van der Waals surface area contributed by atoms with E-state index in [-0.39, 0.29) is 0 Å². The van der Waals surface area contributed by atoms with Gasteiger partial charge in [-0.2, -0.15) is 0 Å². The van der Waals surface area contributed by atoms with Gasteiger partial charge in [-0.25, -0.2) is 15.0 Å². The van der Waals surface area contributed by atoms with Gasteiger partial charge in [0.2, 0.25) is 0 Å². The largest absolute Gasteiger partial charge is 0.497 e. The summed E-state index contributed by atoms with van der Waals surface area (Å²) in [6.07, 6.45) is 1.54. The molecule has 226 valence electrons. The Balaban J connectivity index is 0.00000121. The molecule has 0 amide bonds. The maximum absolute atomic E-state index is 6.57. The molecule has 43 heavy (non-hydrogen) atoms. The van der Waals surface area contributed by atoms with Gasteiger partial charge in [0.25, 0.3) is 0 Å². The maximum Gasteiger partial charge on any atom is 0.137 e. The lowest BCUT2D eigenvalue weighted by molar-refractivity contribution is 0.304. The van der Waals surface area contributed by atoms with Crippen molar-refractivity contribution in [2.75, 3.05) is 19.5 Å². The predicted octanol–water partition coefficient (Wildman–Crippen LogP) is 9.22. The zero-order valence-corrected chi connectivity index (χ0v) is 27.0. The van der Waals surface area contributed by atoms with E-state index in [1.54, 1.807) is 20.3 Å². The van der Waals surface area contributed by atoms with E-state index >= 15 is 0 Å². The lowest BCUT2D eigenvalue weighted by atomic mass is 9.97. The lowest BCUT2D eigenvalue weighted by Gasteiger charge is -2.17. The van der Waals surface area contributed by atoms with E-state index in [1.807, 2.05) is 102 Å². The van der Waals surface area contributed by atoms with Gasteiger partial charge in [-0.3, -0.25) is 0 Å². The van der Waals surface area contributed by atoms with Crippen LogP contribution in [-0.2, 0) is 13.2 Å². The van der Waals surface area contributed by atoms with Crippen LogP contribution in [0.5, 0.6) is 17.2 Å². The average molecular weight is 601 g/mol. The number of anilines is 1. The molecule has 0 spiro atoms. The quantitative estimate of drug-likeness (QED) is 0.169. The fraction of sp³-hybridized carbons (Fsp3) is 0.286. The summed E-state index contributed by atoms with van der Waals surface area (Å²) < 4.78 is 17.1. The monoisotopic (exact) mass is 600 g/mol. The molecule has 0 aliphatic heterocycles. The number of aryl methyl sites for hydroxylation is 1. The first-order valence-electron chi connectivity index (χ1n) is 14.5. The molecule has 2 heterocycles. The van der Waals surface area contributed by atoms with Gasteiger partial charge in [0.05, 0.1) is 19.9 Å². The molecule has 0 aliphatic rings. The molecule has 0 fully saturated rings. The van der Waals surface area contributed by atoms with Crippen LogP contribution >= 0.6 is 11.6 Å². The molecule has 7 nitrogen and oxygen atoms in total. The molecule has 0 unspecified atom stereocenters. The minimum Gasteiger partial charge on any atom is -0.497 e. The molecule has 1 N–H and O–H groups in total. The number of halogens is 1. The van der Waals surface area contributed by atoms with Gasteiger partial charge in [0, 0.05) is 34.7 Å². The second-order valence-corrected chi connectivity index (χ2v) is 9.49. The number of ether oxygens (including phenoxy) is 3. The lowest BCUT2D eigenvalue weighted by Crippen LogP contribution is -2.06. The average Bonchev–Trinajstić information content (AvgIpc) is 3.05. The Labute approximate surface area is 260 Å². The number of fused-ring (bicyclic) bond motifs is 1. The minimum absolute atomic E-state index is 0.354. The summed E-state index contributed by atoms with van der Waals surface area (Å²) in [5.41, 5.74) is 6.40. The third-order valence-corrected chi connectivity index (χ3v) is 6.82. The molecule has 0 saturated heterocycles. The molecule has 8 heteroatoms. The summed E-state index contributed by atoms with van der Waals surface area (Å²) in [6, 6.07) is 21.6. The van der Waals surface area contributed by atoms with Crippen LogP contribution in [-0.4, -0.2) is 29.2 Å². The number of nitrogens with zero attached hydrogens (tertiary/aromatic N) is 3. The number of hydrogen-bond acceptors (Lipinski definition) is 7. The summed E-state index contributed by atoms with van der Waals surface area (Å²) in [5.74, 6) is 2.88. The van der Waals surface area contributed by atoms with Crippen molar-refractivity contribution >= 4 is 28.3 Å².